The molecule has 0 bridgehead atoms. The summed E-state index contributed by atoms with van der Waals surface area (Å²) in [7, 11) is 0. The lowest BCUT2D eigenvalue weighted by Crippen LogP contribution is -2.52. The van der Waals surface area contributed by atoms with Gasteiger partial charge in [-0.3, -0.25) is 14.9 Å². The maximum Gasteiger partial charge on any atom is 0.270 e. The summed E-state index contributed by atoms with van der Waals surface area (Å²) in [6.45, 7) is 2.94. The molecule has 1 aromatic carbocycles. The van der Waals surface area contributed by atoms with Crippen LogP contribution in [0.15, 0.2) is 18.2 Å². The predicted molar refractivity (Wildman–Crippen MR) is 75.5 cm³/mol. The van der Waals surface area contributed by atoms with Crippen LogP contribution in [0.3, 0.4) is 0 Å². The van der Waals surface area contributed by atoms with E-state index >= 15 is 0 Å². The number of piperidine rings is 1. The molecule has 7 heteroatoms. The van der Waals surface area contributed by atoms with Crippen LogP contribution in [0.2, 0.25) is 0 Å². The highest BCUT2D eigenvalue weighted by molar-refractivity contribution is 6.00. The summed E-state index contributed by atoms with van der Waals surface area (Å²) in [5.74, 6) is -0.369. The van der Waals surface area contributed by atoms with E-state index in [4.69, 9.17) is 5.73 Å². The Morgan fingerprint density at radius 3 is 2.95 bits per heavy atom. The molecule has 1 fully saturated rings. The van der Waals surface area contributed by atoms with Crippen molar-refractivity contribution >= 4 is 17.3 Å². The second-order valence-corrected chi connectivity index (χ2v) is 4.99. The first kappa shape index (κ1) is 14.3. The maximum absolute atomic E-state index is 12.2. The molecule has 1 amide bonds. The molecule has 20 heavy (non-hydrogen) atoms. The van der Waals surface area contributed by atoms with Gasteiger partial charge >= 0.3 is 0 Å². The highest BCUT2D eigenvalue weighted by Crippen LogP contribution is 2.20. The average Bonchev–Trinajstić information content (AvgIpc) is 2.41. The largest absolute Gasteiger partial charge is 0.398 e. The molecule has 1 aliphatic rings. The van der Waals surface area contributed by atoms with Crippen LogP contribution < -0.4 is 16.4 Å². The van der Waals surface area contributed by atoms with Crippen LogP contribution in [-0.2, 0) is 0 Å². The highest BCUT2D eigenvalue weighted by atomic mass is 16.6. The number of nitrogens with one attached hydrogen (secondary N) is 2. The Labute approximate surface area is 116 Å². The summed E-state index contributed by atoms with van der Waals surface area (Å²) in [6.07, 6.45) is 1.87. The van der Waals surface area contributed by atoms with Gasteiger partial charge < -0.3 is 16.4 Å². The number of hydrogen-bond donors (Lipinski definition) is 3. The van der Waals surface area contributed by atoms with Gasteiger partial charge in [-0.05, 0) is 32.4 Å². The zero-order valence-corrected chi connectivity index (χ0v) is 11.3. The lowest BCUT2D eigenvalue weighted by molar-refractivity contribution is -0.384. The summed E-state index contributed by atoms with van der Waals surface area (Å²) in [4.78, 5) is 22.4. The van der Waals surface area contributed by atoms with Crippen molar-refractivity contribution in [3.63, 3.8) is 0 Å². The van der Waals surface area contributed by atoms with E-state index in [9.17, 15) is 14.9 Å². The molecule has 108 valence electrons. The van der Waals surface area contributed by atoms with E-state index in [-0.39, 0.29) is 34.9 Å². The Morgan fingerprint density at radius 1 is 1.55 bits per heavy atom. The first-order valence-electron chi connectivity index (χ1n) is 6.57. The Hall–Kier alpha value is -2.15. The number of carbonyl (C=O) groups excluding carboxylic acids is 1. The molecule has 0 spiro atoms. The topological polar surface area (TPSA) is 110 Å². The minimum atomic E-state index is -0.541. The van der Waals surface area contributed by atoms with Crippen LogP contribution in [0.5, 0.6) is 0 Å². The third-order valence-electron chi connectivity index (χ3n) is 3.57. The maximum atomic E-state index is 12.2. The molecular formula is C13H18N4O3. The second kappa shape index (κ2) is 5.87. The van der Waals surface area contributed by atoms with Crippen LogP contribution in [0.25, 0.3) is 0 Å². The van der Waals surface area contributed by atoms with Gasteiger partial charge in [0.2, 0.25) is 0 Å². The second-order valence-electron chi connectivity index (χ2n) is 4.99. The number of nitro benzene ring substituents is 1. The number of amides is 1. The minimum absolute atomic E-state index is 0.00918. The fraction of sp³-hybridized carbons (Fsp3) is 0.462. The van der Waals surface area contributed by atoms with Crippen LogP contribution in [0, 0.1) is 10.1 Å². The van der Waals surface area contributed by atoms with E-state index in [1.165, 1.54) is 18.2 Å². The van der Waals surface area contributed by atoms with Crippen molar-refractivity contribution in [2.75, 3.05) is 12.3 Å². The number of benzene rings is 1. The summed E-state index contributed by atoms with van der Waals surface area (Å²) in [6, 6.07) is 4.07. The molecule has 0 radical (unpaired) electrons. The Balaban J connectivity index is 2.16. The van der Waals surface area contributed by atoms with Gasteiger partial charge in [0.15, 0.2) is 0 Å². The molecule has 1 aliphatic heterocycles. The molecule has 4 N–H and O–H groups in total. The number of anilines is 1. The Kier molecular flexibility index (Phi) is 4.19. The number of nitrogen functional groups attached to an aromatic ring is 1. The smallest absolute Gasteiger partial charge is 0.270 e. The summed E-state index contributed by atoms with van der Waals surface area (Å²) >= 11 is 0. The van der Waals surface area contributed by atoms with E-state index in [1.807, 2.05) is 6.92 Å². The molecule has 1 saturated heterocycles. The molecule has 2 rings (SSSR count). The SMILES string of the molecule is CC1NCCCC1NC(=O)c1cc([N+](=O)[O-])ccc1N. The van der Waals surface area contributed by atoms with E-state index in [2.05, 4.69) is 10.6 Å². The third kappa shape index (κ3) is 3.05. The molecule has 2 atom stereocenters. The highest BCUT2D eigenvalue weighted by Gasteiger charge is 2.24. The number of hydrogen-bond acceptors (Lipinski definition) is 5. The molecule has 1 aromatic rings. The Morgan fingerprint density at radius 2 is 2.30 bits per heavy atom. The van der Waals surface area contributed by atoms with Crippen molar-refractivity contribution < 1.29 is 9.72 Å². The molecular weight excluding hydrogens is 260 g/mol. The number of carbonyl (C=O) groups is 1. The molecule has 7 nitrogen and oxygen atoms in total. The van der Waals surface area contributed by atoms with Gasteiger partial charge in [-0.1, -0.05) is 0 Å². The molecule has 1 heterocycles. The van der Waals surface area contributed by atoms with Gasteiger partial charge in [-0.2, -0.15) is 0 Å². The van der Waals surface area contributed by atoms with Gasteiger partial charge in [-0.25, -0.2) is 0 Å². The lowest BCUT2D eigenvalue weighted by atomic mass is 9.99. The van der Waals surface area contributed by atoms with E-state index < -0.39 is 4.92 Å². The standard InChI is InChI=1S/C13H18N4O3/c1-8-12(3-2-6-15-8)16-13(18)10-7-9(17(19)20)4-5-11(10)14/h4-5,7-8,12,15H,2-3,6,14H2,1H3,(H,16,18). The summed E-state index contributed by atoms with van der Waals surface area (Å²) < 4.78 is 0. The molecule has 2 unspecified atom stereocenters. The quantitative estimate of drug-likeness (QED) is 0.435. The zero-order chi connectivity index (χ0) is 14.7. The zero-order valence-electron chi connectivity index (χ0n) is 11.3. The van der Waals surface area contributed by atoms with Gasteiger partial charge in [-0.15, -0.1) is 0 Å². The summed E-state index contributed by atoms with van der Waals surface area (Å²) in [5, 5.41) is 16.9. The van der Waals surface area contributed by atoms with Gasteiger partial charge in [0, 0.05) is 29.9 Å². The monoisotopic (exact) mass is 278 g/mol. The number of nitrogens with zero attached hydrogens (tertiary/aromatic N) is 1. The third-order valence-corrected chi connectivity index (χ3v) is 3.57. The van der Waals surface area contributed by atoms with Gasteiger partial charge in [0.25, 0.3) is 11.6 Å². The van der Waals surface area contributed by atoms with Crippen LogP contribution in [-0.4, -0.2) is 29.5 Å². The van der Waals surface area contributed by atoms with Crippen LogP contribution in [0.1, 0.15) is 30.1 Å². The number of nitrogens with two attached hydrogens (primary N) is 1. The number of rotatable bonds is 3. The van der Waals surface area contributed by atoms with E-state index in [1.54, 1.807) is 0 Å². The first-order chi connectivity index (χ1) is 9.49. The fourth-order valence-corrected chi connectivity index (χ4v) is 2.34. The van der Waals surface area contributed by atoms with Crippen LogP contribution >= 0.6 is 0 Å². The van der Waals surface area contributed by atoms with Crippen molar-refractivity contribution in [2.24, 2.45) is 0 Å². The fourth-order valence-electron chi connectivity index (χ4n) is 2.34. The van der Waals surface area contributed by atoms with Gasteiger partial charge in [0.05, 0.1) is 10.5 Å². The van der Waals surface area contributed by atoms with E-state index in [0.717, 1.165) is 19.4 Å². The first-order valence-corrected chi connectivity index (χ1v) is 6.57. The van der Waals surface area contributed by atoms with Gasteiger partial charge in [0.1, 0.15) is 0 Å². The number of non-ortho nitro benzene ring substituents is 1. The van der Waals surface area contributed by atoms with E-state index in [0.29, 0.717) is 0 Å². The molecule has 0 aromatic heterocycles. The van der Waals surface area contributed by atoms with Crippen LogP contribution in [0.4, 0.5) is 11.4 Å². The predicted octanol–water partition coefficient (Wildman–Crippen LogP) is 1.05. The Bertz CT molecular complexity index is 532. The summed E-state index contributed by atoms with van der Waals surface area (Å²) in [5.41, 5.74) is 5.98. The van der Waals surface area contributed by atoms with Crippen molar-refractivity contribution in [3.8, 4) is 0 Å². The lowest BCUT2D eigenvalue weighted by Gasteiger charge is -2.30. The van der Waals surface area contributed by atoms with Crippen molar-refractivity contribution in [1.82, 2.24) is 10.6 Å². The molecule has 0 saturated carbocycles. The van der Waals surface area contributed by atoms with Crippen molar-refractivity contribution in [1.29, 1.82) is 0 Å². The number of nitro groups is 1. The minimum Gasteiger partial charge on any atom is -0.398 e. The average molecular weight is 278 g/mol. The van der Waals surface area contributed by atoms with Crippen molar-refractivity contribution in [2.45, 2.75) is 31.8 Å². The normalized spacial score (nSPS) is 22.2. The van der Waals surface area contributed by atoms with Crippen molar-refractivity contribution in [3.05, 3.63) is 33.9 Å². The molecule has 0 aliphatic carbocycles.